The van der Waals surface area contributed by atoms with E-state index in [0.29, 0.717) is 12.1 Å². The summed E-state index contributed by atoms with van der Waals surface area (Å²) < 4.78 is 39.6. The van der Waals surface area contributed by atoms with Crippen LogP contribution < -0.4 is 10.6 Å². The molecule has 25 heavy (non-hydrogen) atoms. The molecule has 1 unspecified atom stereocenters. The lowest BCUT2D eigenvalue weighted by atomic mass is 10.1. The summed E-state index contributed by atoms with van der Waals surface area (Å²) in [7, 11) is 0. The summed E-state index contributed by atoms with van der Waals surface area (Å²) in [5.74, 6) is -0.141. The fourth-order valence-electron chi connectivity index (χ4n) is 2.72. The number of nitrogens with zero attached hydrogens (tertiary/aromatic N) is 2. The third kappa shape index (κ3) is 4.96. The second-order valence-electron chi connectivity index (χ2n) is 5.77. The van der Waals surface area contributed by atoms with Crippen molar-refractivity contribution in [1.82, 2.24) is 15.1 Å². The van der Waals surface area contributed by atoms with E-state index in [4.69, 9.17) is 0 Å². The van der Waals surface area contributed by atoms with Crippen molar-refractivity contribution in [2.45, 2.75) is 31.5 Å². The third-order valence-corrected chi connectivity index (χ3v) is 3.90. The molecule has 1 aromatic carbocycles. The van der Waals surface area contributed by atoms with E-state index in [-0.39, 0.29) is 30.0 Å². The van der Waals surface area contributed by atoms with Gasteiger partial charge in [0.1, 0.15) is 0 Å². The highest BCUT2D eigenvalue weighted by Crippen LogP contribution is 2.30. The molecule has 1 amide bonds. The molecule has 0 bridgehead atoms. The van der Waals surface area contributed by atoms with E-state index in [1.165, 1.54) is 29.2 Å². The minimum absolute atomic E-state index is 0. The van der Waals surface area contributed by atoms with Gasteiger partial charge in [0.2, 0.25) is 5.91 Å². The molecule has 136 valence electrons. The van der Waals surface area contributed by atoms with Gasteiger partial charge in [0, 0.05) is 12.5 Å². The Morgan fingerprint density at radius 3 is 2.88 bits per heavy atom. The average molecular weight is 375 g/mol. The van der Waals surface area contributed by atoms with Gasteiger partial charge in [-0.15, -0.1) is 12.4 Å². The first-order valence-electron chi connectivity index (χ1n) is 7.67. The summed E-state index contributed by atoms with van der Waals surface area (Å²) in [6.07, 6.45) is 0.904. The van der Waals surface area contributed by atoms with Crippen molar-refractivity contribution in [2.24, 2.45) is 0 Å². The normalized spacial score (nSPS) is 17.2. The number of benzene rings is 1. The van der Waals surface area contributed by atoms with E-state index in [2.05, 4.69) is 15.7 Å². The van der Waals surface area contributed by atoms with Crippen LogP contribution in [0.3, 0.4) is 0 Å². The number of hydrogen-bond donors (Lipinski definition) is 2. The topological polar surface area (TPSA) is 59.0 Å². The maximum Gasteiger partial charge on any atom is 0.416 e. The quantitative estimate of drug-likeness (QED) is 0.862. The fourth-order valence-corrected chi connectivity index (χ4v) is 2.72. The molecule has 2 N–H and O–H groups in total. The van der Waals surface area contributed by atoms with Crippen molar-refractivity contribution in [3.63, 3.8) is 0 Å². The monoisotopic (exact) mass is 374 g/mol. The van der Waals surface area contributed by atoms with Gasteiger partial charge in [-0.25, -0.2) is 4.68 Å². The molecule has 5 nitrogen and oxygen atoms in total. The molecule has 0 saturated carbocycles. The van der Waals surface area contributed by atoms with Crippen molar-refractivity contribution in [2.75, 3.05) is 11.9 Å². The zero-order chi connectivity index (χ0) is 17.2. The van der Waals surface area contributed by atoms with Gasteiger partial charge in [-0.2, -0.15) is 18.3 Å². The number of amides is 1. The van der Waals surface area contributed by atoms with Crippen LogP contribution in [-0.2, 0) is 11.0 Å². The average Bonchev–Trinajstić information content (AvgIpc) is 3.18. The number of aromatic nitrogens is 2. The molecule has 9 heteroatoms. The van der Waals surface area contributed by atoms with Crippen LogP contribution in [0.5, 0.6) is 0 Å². The number of hydrogen-bond acceptors (Lipinski definition) is 3. The van der Waals surface area contributed by atoms with Crippen molar-refractivity contribution < 1.29 is 18.0 Å². The Balaban J connectivity index is 0.00000225. The van der Waals surface area contributed by atoms with Gasteiger partial charge in [0.05, 0.1) is 29.3 Å². The van der Waals surface area contributed by atoms with Crippen LogP contribution in [0.4, 0.5) is 18.9 Å². The number of halogens is 4. The number of rotatable bonds is 4. The van der Waals surface area contributed by atoms with Crippen LogP contribution in [0.1, 0.15) is 24.8 Å². The Labute approximate surface area is 149 Å². The van der Waals surface area contributed by atoms with E-state index < -0.39 is 11.7 Å². The number of anilines is 1. The van der Waals surface area contributed by atoms with Crippen molar-refractivity contribution in [3.8, 4) is 5.69 Å². The number of carbonyl (C=O) groups is 1. The number of carbonyl (C=O) groups excluding carboxylic acids is 1. The molecule has 0 aliphatic carbocycles. The largest absolute Gasteiger partial charge is 0.416 e. The van der Waals surface area contributed by atoms with Crippen LogP contribution in [0, 0.1) is 0 Å². The maximum absolute atomic E-state index is 12.8. The lowest BCUT2D eigenvalue weighted by Crippen LogP contribution is -2.27. The van der Waals surface area contributed by atoms with Gasteiger partial charge in [-0.1, -0.05) is 6.07 Å². The predicted molar refractivity (Wildman–Crippen MR) is 90.1 cm³/mol. The van der Waals surface area contributed by atoms with E-state index >= 15 is 0 Å². The van der Waals surface area contributed by atoms with Crippen LogP contribution >= 0.6 is 12.4 Å². The molecule has 2 heterocycles. The highest BCUT2D eigenvalue weighted by molar-refractivity contribution is 5.90. The molecule has 1 saturated heterocycles. The van der Waals surface area contributed by atoms with Gasteiger partial charge >= 0.3 is 6.18 Å². The third-order valence-electron chi connectivity index (χ3n) is 3.90. The van der Waals surface area contributed by atoms with Gasteiger partial charge in [0.15, 0.2) is 0 Å². The molecular weight excluding hydrogens is 357 g/mol. The lowest BCUT2D eigenvalue weighted by molar-refractivity contribution is -0.137. The van der Waals surface area contributed by atoms with E-state index in [9.17, 15) is 18.0 Å². The molecular formula is C16H18ClF3N4O. The first-order chi connectivity index (χ1) is 11.4. The molecule has 1 fully saturated rings. The molecule has 3 rings (SSSR count). The Morgan fingerprint density at radius 2 is 2.20 bits per heavy atom. The number of alkyl halides is 3. The minimum atomic E-state index is -4.41. The van der Waals surface area contributed by atoms with Crippen LogP contribution in [0.2, 0.25) is 0 Å². The summed E-state index contributed by atoms with van der Waals surface area (Å²) in [4.78, 5) is 12.0. The Morgan fingerprint density at radius 1 is 1.40 bits per heavy atom. The van der Waals surface area contributed by atoms with Crippen LogP contribution in [0.15, 0.2) is 36.7 Å². The smallest absolute Gasteiger partial charge is 0.323 e. The van der Waals surface area contributed by atoms with Gasteiger partial charge in [0.25, 0.3) is 0 Å². The maximum atomic E-state index is 12.8. The predicted octanol–water partition coefficient (Wildman–Crippen LogP) is 3.39. The SMILES string of the molecule is Cl.O=C(CC1CCCN1)Nc1cnn(-c2cccc(C(F)(F)F)c2)c1. The fraction of sp³-hybridized carbons (Fsp3) is 0.375. The Hall–Kier alpha value is -2.06. The Kier molecular flexibility index (Phi) is 6.07. The van der Waals surface area contributed by atoms with Gasteiger partial charge in [-0.3, -0.25) is 4.79 Å². The molecule has 1 aliphatic rings. The molecule has 1 aliphatic heterocycles. The van der Waals surface area contributed by atoms with Gasteiger partial charge in [-0.05, 0) is 37.6 Å². The van der Waals surface area contributed by atoms with Crippen molar-refractivity contribution >= 4 is 24.0 Å². The highest BCUT2D eigenvalue weighted by atomic mass is 35.5. The number of nitrogens with one attached hydrogen (secondary N) is 2. The summed E-state index contributed by atoms with van der Waals surface area (Å²) >= 11 is 0. The summed E-state index contributed by atoms with van der Waals surface area (Å²) in [6.45, 7) is 0.922. The van der Waals surface area contributed by atoms with Crippen LogP contribution in [0.25, 0.3) is 5.69 Å². The van der Waals surface area contributed by atoms with E-state index in [1.807, 2.05) is 0 Å². The van der Waals surface area contributed by atoms with E-state index in [1.54, 1.807) is 0 Å². The molecule has 1 atom stereocenters. The standard InChI is InChI=1S/C16H17F3N4O.ClH/c17-16(18,19)11-3-1-5-14(7-11)23-10-13(9-21-23)22-15(24)8-12-4-2-6-20-12;/h1,3,5,7,9-10,12,20H,2,4,6,8H2,(H,22,24);1H. The summed E-state index contributed by atoms with van der Waals surface area (Å²) in [5, 5.41) is 9.97. The van der Waals surface area contributed by atoms with Crippen molar-refractivity contribution in [3.05, 3.63) is 42.2 Å². The first-order valence-corrected chi connectivity index (χ1v) is 7.67. The molecule has 2 aromatic rings. The minimum Gasteiger partial charge on any atom is -0.323 e. The van der Waals surface area contributed by atoms with E-state index in [0.717, 1.165) is 31.5 Å². The zero-order valence-electron chi connectivity index (χ0n) is 13.2. The first kappa shape index (κ1) is 19.3. The second kappa shape index (κ2) is 7.88. The zero-order valence-corrected chi connectivity index (χ0v) is 14.0. The van der Waals surface area contributed by atoms with Crippen molar-refractivity contribution in [1.29, 1.82) is 0 Å². The van der Waals surface area contributed by atoms with Crippen LogP contribution in [-0.4, -0.2) is 28.3 Å². The molecule has 0 radical (unpaired) electrons. The highest BCUT2D eigenvalue weighted by Gasteiger charge is 2.30. The second-order valence-corrected chi connectivity index (χ2v) is 5.77. The van der Waals surface area contributed by atoms with Gasteiger partial charge < -0.3 is 10.6 Å². The molecule has 0 spiro atoms. The summed E-state index contributed by atoms with van der Waals surface area (Å²) in [6, 6.07) is 5.05. The molecule has 1 aromatic heterocycles. The Bertz CT molecular complexity index is 726. The summed E-state index contributed by atoms with van der Waals surface area (Å²) in [5.41, 5.74) is -0.00779. The lowest BCUT2D eigenvalue weighted by Gasteiger charge is -2.09.